The molecule has 2 aromatic carbocycles. The van der Waals surface area contributed by atoms with Crippen LogP contribution in [-0.2, 0) is 11.3 Å². The van der Waals surface area contributed by atoms with E-state index in [1.54, 1.807) is 48.5 Å². The highest BCUT2D eigenvalue weighted by atomic mass is 32.2. The second kappa shape index (κ2) is 8.18. The number of para-hydroxylation sites is 2. The van der Waals surface area contributed by atoms with Gasteiger partial charge >= 0.3 is 0 Å². The van der Waals surface area contributed by atoms with E-state index in [2.05, 4.69) is 10.3 Å². The second-order valence-electron chi connectivity index (χ2n) is 5.87. The van der Waals surface area contributed by atoms with Gasteiger partial charge in [0.2, 0.25) is 5.91 Å². The van der Waals surface area contributed by atoms with Crippen molar-refractivity contribution in [1.29, 1.82) is 5.26 Å². The van der Waals surface area contributed by atoms with Crippen LogP contribution in [0, 0.1) is 11.3 Å². The first-order valence-electron chi connectivity index (χ1n) is 8.17. The molecular formula is C19H16F2N4OS. The van der Waals surface area contributed by atoms with Gasteiger partial charge in [-0.05, 0) is 48.5 Å². The van der Waals surface area contributed by atoms with Crippen molar-refractivity contribution < 1.29 is 13.6 Å². The predicted molar refractivity (Wildman–Crippen MR) is 99.3 cm³/mol. The molecule has 3 aromatic rings. The molecule has 27 heavy (non-hydrogen) atoms. The number of fused-ring (bicyclic) bond motifs is 1. The highest BCUT2D eigenvalue weighted by Crippen LogP contribution is 2.28. The average molecular weight is 386 g/mol. The number of amides is 1. The van der Waals surface area contributed by atoms with Crippen LogP contribution in [0.25, 0.3) is 11.0 Å². The summed E-state index contributed by atoms with van der Waals surface area (Å²) in [6.07, 6.45) is 0. The lowest BCUT2D eigenvalue weighted by molar-refractivity contribution is -0.122. The third-order valence-corrected chi connectivity index (χ3v) is 4.73. The molecule has 1 heterocycles. The number of rotatable bonds is 6. The normalized spacial score (nSPS) is 12.1. The quantitative estimate of drug-likeness (QED) is 0.648. The van der Waals surface area contributed by atoms with Gasteiger partial charge in [-0.2, -0.15) is 14.0 Å². The molecule has 1 aromatic heterocycles. The minimum absolute atomic E-state index is 0.104. The van der Waals surface area contributed by atoms with Crippen molar-refractivity contribution in [3.8, 4) is 6.07 Å². The van der Waals surface area contributed by atoms with Gasteiger partial charge in [-0.15, -0.1) is 0 Å². The topological polar surface area (TPSA) is 70.7 Å². The van der Waals surface area contributed by atoms with Crippen molar-refractivity contribution in [3.63, 3.8) is 0 Å². The standard InChI is InChI=1S/C19H16F2N4OS/c1-12(14-8-6-13(10-22)7-9-14)23-17(26)11-25-16-5-3-2-4-15(16)24-19(25)27-18(20)21/h2-9,12,18H,11H2,1H3,(H,23,26). The van der Waals surface area contributed by atoms with Gasteiger partial charge in [0.1, 0.15) is 6.54 Å². The summed E-state index contributed by atoms with van der Waals surface area (Å²) in [6.45, 7) is 1.70. The molecule has 8 heteroatoms. The number of halogens is 2. The number of aromatic nitrogens is 2. The van der Waals surface area contributed by atoms with Crippen LogP contribution in [0.15, 0.2) is 53.7 Å². The fraction of sp³-hybridized carbons (Fsp3) is 0.211. The third kappa shape index (κ3) is 4.44. The molecule has 1 amide bonds. The van der Waals surface area contributed by atoms with Crippen LogP contribution in [0.5, 0.6) is 0 Å². The van der Waals surface area contributed by atoms with Crippen LogP contribution in [-0.4, -0.2) is 21.2 Å². The van der Waals surface area contributed by atoms with E-state index >= 15 is 0 Å². The molecule has 0 aliphatic rings. The first kappa shape index (κ1) is 18.9. The molecule has 0 bridgehead atoms. The molecule has 0 aliphatic heterocycles. The van der Waals surface area contributed by atoms with Gasteiger partial charge < -0.3 is 9.88 Å². The van der Waals surface area contributed by atoms with Crippen molar-refractivity contribution in [2.45, 2.75) is 30.4 Å². The molecule has 5 nitrogen and oxygen atoms in total. The summed E-state index contributed by atoms with van der Waals surface area (Å²) < 4.78 is 27.2. The molecule has 0 spiro atoms. The Labute approximate surface area is 159 Å². The number of nitrogens with zero attached hydrogens (tertiary/aromatic N) is 3. The molecule has 1 atom stereocenters. The number of thioether (sulfide) groups is 1. The number of hydrogen-bond acceptors (Lipinski definition) is 4. The first-order valence-corrected chi connectivity index (χ1v) is 9.05. The van der Waals surface area contributed by atoms with Gasteiger partial charge in [-0.1, -0.05) is 24.3 Å². The Hall–Kier alpha value is -2.92. The number of alkyl halides is 2. The molecule has 0 radical (unpaired) electrons. The Bertz CT molecular complexity index is 995. The number of imidazole rings is 1. The van der Waals surface area contributed by atoms with Crippen molar-refractivity contribution in [3.05, 3.63) is 59.7 Å². The van der Waals surface area contributed by atoms with Gasteiger partial charge in [-0.3, -0.25) is 4.79 Å². The first-order chi connectivity index (χ1) is 13.0. The van der Waals surface area contributed by atoms with Crippen molar-refractivity contribution >= 4 is 28.7 Å². The molecule has 1 N–H and O–H groups in total. The Balaban J connectivity index is 1.77. The van der Waals surface area contributed by atoms with Crippen LogP contribution in [0.1, 0.15) is 24.1 Å². The summed E-state index contributed by atoms with van der Waals surface area (Å²) in [7, 11) is 0. The number of nitrogens with one attached hydrogen (secondary N) is 1. The maximum Gasteiger partial charge on any atom is 0.291 e. The zero-order valence-electron chi connectivity index (χ0n) is 14.4. The molecule has 0 fully saturated rings. The Kier molecular flexibility index (Phi) is 5.72. The van der Waals surface area contributed by atoms with E-state index in [-0.39, 0.29) is 23.7 Å². The zero-order chi connectivity index (χ0) is 19.4. The van der Waals surface area contributed by atoms with Gasteiger partial charge in [0.25, 0.3) is 5.76 Å². The number of carbonyl (C=O) groups is 1. The largest absolute Gasteiger partial charge is 0.348 e. The van der Waals surface area contributed by atoms with E-state index < -0.39 is 5.76 Å². The van der Waals surface area contributed by atoms with Gasteiger partial charge in [0.15, 0.2) is 5.16 Å². The number of carbonyl (C=O) groups excluding carboxylic acids is 1. The van der Waals surface area contributed by atoms with Gasteiger partial charge in [-0.25, -0.2) is 4.98 Å². The third-order valence-electron chi connectivity index (χ3n) is 4.03. The minimum atomic E-state index is -2.62. The lowest BCUT2D eigenvalue weighted by atomic mass is 10.1. The van der Waals surface area contributed by atoms with E-state index in [0.29, 0.717) is 28.4 Å². The molecule has 138 valence electrons. The summed E-state index contributed by atoms with van der Waals surface area (Å²) in [6, 6.07) is 15.7. The van der Waals surface area contributed by atoms with Crippen LogP contribution in [0.3, 0.4) is 0 Å². The molecule has 0 saturated carbocycles. The summed E-state index contributed by atoms with van der Waals surface area (Å²) >= 11 is 0.320. The van der Waals surface area contributed by atoms with Crippen molar-refractivity contribution in [2.75, 3.05) is 0 Å². The lowest BCUT2D eigenvalue weighted by Crippen LogP contribution is -2.30. The summed E-state index contributed by atoms with van der Waals surface area (Å²) in [5, 5.41) is 11.8. The van der Waals surface area contributed by atoms with Crippen LogP contribution in [0.4, 0.5) is 8.78 Å². The smallest absolute Gasteiger partial charge is 0.291 e. The Morgan fingerprint density at radius 2 is 1.96 bits per heavy atom. The molecule has 3 rings (SSSR count). The predicted octanol–water partition coefficient (Wildman–Crippen LogP) is 4.10. The number of benzene rings is 2. The second-order valence-corrected chi connectivity index (χ2v) is 6.83. The average Bonchev–Trinajstić information content (AvgIpc) is 2.98. The van der Waals surface area contributed by atoms with Gasteiger partial charge in [0.05, 0.1) is 28.7 Å². The molecule has 0 saturated heterocycles. The summed E-state index contributed by atoms with van der Waals surface area (Å²) in [4.78, 5) is 16.7. The molecular weight excluding hydrogens is 370 g/mol. The van der Waals surface area contributed by atoms with Crippen LogP contribution >= 0.6 is 11.8 Å². The maximum atomic E-state index is 12.8. The van der Waals surface area contributed by atoms with Crippen molar-refractivity contribution in [2.24, 2.45) is 0 Å². The van der Waals surface area contributed by atoms with Crippen LogP contribution in [0.2, 0.25) is 0 Å². The van der Waals surface area contributed by atoms with E-state index in [1.165, 1.54) is 4.57 Å². The maximum absolute atomic E-state index is 12.8. The van der Waals surface area contributed by atoms with Crippen LogP contribution < -0.4 is 5.32 Å². The highest BCUT2D eigenvalue weighted by Gasteiger charge is 2.18. The number of nitriles is 1. The van der Waals surface area contributed by atoms with E-state index in [9.17, 15) is 13.6 Å². The SMILES string of the molecule is CC(NC(=O)Cn1c(SC(F)F)nc2ccccc21)c1ccc(C#N)cc1. The fourth-order valence-corrected chi connectivity index (χ4v) is 3.34. The fourth-order valence-electron chi connectivity index (χ4n) is 2.74. The monoisotopic (exact) mass is 386 g/mol. The van der Waals surface area contributed by atoms with E-state index in [4.69, 9.17) is 5.26 Å². The lowest BCUT2D eigenvalue weighted by Gasteiger charge is -2.15. The minimum Gasteiger partial charge on any atom is -0.348 e. The molecule has 1 unspecified atom stereocenters. The van der Waals surface area contributed by atoms with E-state index in [1.807, 2.05) is 13.0 Å². The Morgan fingerprint density at radius 1 is 1.26 bits per heavy atom. The number of hydrogen-bond donors (Lipinski definition) is 1. The summed E-state index contributed by atoms with van der Waals surface area (Å²) in [5.74, 6) is -2.94. The van der Waals surface area contributed by atoms with Gasteiger partial charge in [0, 0.05) is 0 Å². The Morgan fingerprint density at radius 3 is 2.63 bits per heavy atom. The highest BCUT2D eigenvalue weighted by molar-refractivity contribution is 7.99. The summed E-state index contributed by atoms with van der Waals surface area (Å²) in [5.41, 5.74) is 2.58. The zero-order valence-corrected chi connectivity index (χ0v) is 15.2. The molecule has 0 aliphatic carbocycles. The van der Waals surface area contributed by atoms with E-state index in [0.717, 1.165) is 5.56 Å². The van der Waals surface area contributed by atoms with Crippen molar-refractivity contribution in [1.82, 2.24) is 14.9 Å².